The number of benzene rings is 2. The van der Waals surface area contributed by atoms with Crippen molar-refractivity contribution in [1.29, 1.82) is 0 Å². The Bertz CT molecular complexity index is 586. The zero-order valence-electron chi connectivity index (χ0n) is 11.9. The maximum absolute atomic E-state index is 4.34. The highest BCUT2D eigenvalue weighted by atomic mass is 15.1. The first-order valence-electron chi connectivity index (χ1n) is 6.34. The maximum atomic E-state index is 4.34. The van der Waals surface area contributed by atoms with Crippen molar-refractivity contribution in [3.63, 3.8) is 0 Å². The molecule has 0 saturated carbocycles. The molecule has 0 aliphatic carbocycles. The lowest BCUT2D eigenvalue weighted by Gasteiger charge is -2.17. The molecule has 0 spiro atoms. The molecule has 0 unspecified atom stereocenters. The molecule has 19 heavy (non-hydrogen) atoms. The van der Waals surface area contributed by atoms with Crippen LogP contribution in [0.4, 0.5) is 17.1 Å². The van der Waals surface area contributed by atoms with E-state index in [1.54, 1.807) is 0 Å². The molecule has 0 aliphatic rings. The second-order valence-electron chi connectivity index (χ2n) is 4.78. The van der Waals surface area contributed by atoms with Gasteiger partial charge in [-0.25, -0.2) is 0 Å². The molecule has 3 heteroatoms. The standard InChI is InChI=1S/C16H19N3/c1-12-13(2)16(19(3)4)11-10-15(12)18-17-14-8-6-5-7-9-14/h5-11H,1-4H3. The van der Waals surface area contributed by atoms with E-state index in [0.29, 0.717) is 0 Å². The van der Waals surface area contributed by atoms with Gasteiger partial charge in [0, 0.05) is 19.8 Å². The number of azo groups is 1. The average molecular weight is 253 g/mol. The SMILES string of the molecule is Cc1c(N=Nc2ccccc2)ccc(N(C)C)c1C. The van der Waals surface area contributed by atoms with Gasteiger partial charge in [0.15, 0.2) is 0 Å². The molecule has 2 aromatic rings. The monoisotopic (exact) mass is 253 g/mol. The van der Waals surface area contributed by atoms with E-state index in [1.165, 1.54) is 16.8 Å². The zero-order valence-corrected chi connectivity index (χ0v) is 11.9. The molecule has 2 aromatic carbocycles. The van der Waals surface area contributed by atoms with Crippen LogP contribution in [-0.2, 0) is 0 Å². The van der Waals surface area contributed by atoms with Crippen molar-refractivity contribution in [3.8, 4) is 0 Å². The van der Waals surface area contributed by atoms with Crippen molar-refractivity contribution < 1.29 is 0 Å². The zero-order chi connectivity index (χ0) is 13.8. The predicted molar refractivity (Wildman–Crippen MR) is 80.9 cm³/mol. The van der Waals surface area contributed by atoms with Crippen LogP contribution in [0.15, 0.2) is 52.7 Å². The van der Waals surface area contributed by atoms with Crippen molar-refractivity contribution in [3.05, 3.63) is 53.6 Å². The average Bonchev–Trinajstić information content (AvgIpc) is 2.41. The Labute approximate surface area is 114 Å². The van der Waals surface area contributed by atoms with Gasteiger partial charge in [-0.05, 0) is 49.2 Å². The number of rotatable bonds is 3. The Morgan fingerprint density at radius 3 is 2.11 bits per heavy atom. The second kappa shape index (κ2) is 5.65. The van der Waals surface area contributed by atoms with E-state index in [1.807, 2.05) is 50.5 Å². The van der Waals surface area contributed by atoms with E-state index < -0.39 is 0 Å². The third kappa shape index (κ3) is 2.99. The van der Waals surface area contributed by atoms with Crippen molar-refractivity contribution in [2.24, 2.45) is 10.2 Å². The number of hydrogen-bond donors (Lipinski definition) is 0. The highest BCUT2D eigenvalue weighted by Crippen LogP contribution is 2.30. The summed E-state index contributed by atoms with van der Waals surface area (Å²) >= 11 is 0. The molecule has 0 bridgehead atoms. The fourth-order valence-electron chi connectivity index (χ4n) is 1.99. The Hall–Kier alpha value is -2.16. The first kappa shape index (κ1) is 13.3. The van der Waals surface area contributed by atoms with Gasteiger partial charge in [-0.1, -0.05) is 18.2 Å². The van der Waals surface area contributed by atoms with Gasteiger partial charge < -0.3 is 4.90 Å². The normalized spacial score (nSPS) is 10.9. The molecule has 98 valence electrons. The summed E-state index contributed by atoms with van der Waals surface area (Å²) in [6.07, 6.45) is 0. The van der Waals surface area contributed by atoms with E-state index in [2.05, 4.69) is 35.0 Å². The smallest absolute Gasteiger partial charge is 0.0890 e. The highest BCUT2D eigenvalue weighted by Gasteiger charge is 2.07. The van der Waals surface area contributed by atoms with Crippen molar-refractivity contribution >= 4 is 17.1 Å². The molecule has 0 heterocycles. The van der Waals surface area contributed by atoms with Gasteiger partial charge >= 0.3 is 0 Å². The van der Waals surface area contributed by atoms with E-state index in [0.717, 1.165) is 11.4 Å². The van der Waals surface area contributed by atoms with Crippen LogP contribution in [0.3, 0.4) is 0 Å². The molecular weight excluding hydrogens is 234 g/mol. The maximum Gasteiger partial charge on any atom is 0.0890 e. The van der Waals surface area contributed by atoms with Gasteiger partial charge in [-0.2, -0.15) is 10.2 Å². The molecule has 0 N–H and O–H groups in total. The summed E-state index contributed by atoms with van der Waals surface area (Å²) in [5, 5.41) is 8.61. The van der Waals surface area contributed by atoms with Crippen LogP contribution < -0.4 is 4.90 Å². The van der Waals surface area contributed by atoms with Crippen LogP contribution in [0.1, 0.15) is 11.1 Å². The van der Waals surface area contributed by atoms with Crippen LogP contribution >= 0.6 is 0 Å². The first-order valence-corrected chi connectivity index (χ1v) is 6.34. The van der Waals surface area contributed by atoms with Crippen LogP contribution in [-0.4, -0.2) is 14.1 Å². The number of hydrogen-bond acceptors (Lipinski definition) is 3. The molecule has 0 aliphatic heterocycles. The van der Waals surface area contributed by atoms with E-state index in [4.69, 9.17) is 0 Å². The lowest BCUT2D eigenvalue weighted by atomic mass is 10.1. The Morgan fingerprint density at radius 1 is 0.789 bits per heavy atom. The fraction of sp³-hybridized carbons (Fsp3) is 0.250. The fourth-order valence-corrected chi connectivity index (χ4v) is 1.99. The highest BCUT2D eigenvalue weighted by molar-refractivity contribution is 5.63. The van der Waals surface area contributed by atoms with Crippen molar-refractivity contribution in [1.82, 2.24) is 0 Å². The van der Waals surface area contributed by atoms with E-state index >= 15 is 0 Å². The van der Waals surface area contributed by atoms with Crippen LogP contribution in [0.5, 0.6) is 0 Å². The van der Waals surface area contributed by atoms with Crippen LogP contribution in [0.25, 0.3) is 0 Å². The van der Waals surface area contributed by atoms with Crippen molar-refractivity contribution in [2.45, 2.75) is 13.8 Å². The molecule has 0 saturated heterocycles. The molecule has 0 atom stereocenters. The summed E-state index contributed by atoms with van der Waals surface area (Å²) in [6.45, 7) is 4.20. The molecule has 0 amide bonds. The molecule has 0 aromatic heterocycles. The van der Waals surface area contributed by atoms with E-state index in [-0.39, 0.29) is 0 Å². The number of anilines is 1. The largest absolute Gasteiger partial charge is 0.377 e. The minimum absolute atomic E-state index is 0.872. The van der Waals surface area contributed by atoms with Crippen molar-refractivity contribution in [2.75, 3.05) is 19.0 Å². The lowest BCUT2D eigenvalue weighted by Crippen LogP contribution is -2.10. The van der Waals surface area contributed by atoms with E-state index in [9.17, 15) is 0 Å². The third-order valence-corrected chi connectivity index (χ3v) is 3.24. The topological polar surface area (TPSA) is 28.0 Å². The van der Waals surface area contributed by atoms with Crippen LogP contribution in [0, 0.1) is 13.8 Å². The Morgan fingerprint density at radius 2 is 1.47 bits per heavy atom. The predicted octanol–water partition coefficient (Wildman–Crippen LogP) is 4.78. The number of nitrogens with zero attached hydrogens (tertiary/aromatic N) is 3. The minimum atomic E-state index is 0.872. The summed E-state index contributed by atoms with van der Waals surface area (Å²) in [7, 11) is 4.10. The van der Waals surface area contributed by atoms with Gasteiger partial charge in [-0.15, -0.1) is 0 Å². The summed E-state index contributed by atoms with van der Waals surface area (Å²) in [5.74, 6) is 0. The van der Waals surface area contributed by atoms with Crippen LogP contribution in [0.2, 0.25) is 0 Å². The second-order valence-corrected chi connectivity index (χ2v) is 4.78. The first-order chi connectivity index (χ1) is 9.09. The molecule has 0 radical (unpaired) electrons. The van der Waals surface area contributed by atoms with Gasteiger partial charge in [0.2, 0.25) is 0 Å². The summed E-state index contributed by atoms with van der Waals surface area (Å²) < 4.78 is 0. The molecule has 2 rings (SSSR count). The summed E-state index contributed by atoms with van der Waals surface area (Å²) in [4.78, 5) is 2.11. The third-order valence-electron chi connectivity index (χ3n) is 3.24. The van der Waals surface area contributed by atoms with Gasteiger partial charge in [-0.3, -0.25) is 0 Å². The molecule has 0 fully saturated rings. The van der Waals surface area contributed by atoms with Gasteiger partial charge in [0.05, 0.1) is 11.4 Å². The lowest BCUT2D eigenvalue weighted by molar-refractivity contribution is 1.10. The summed E-state index contributed by atoms with van der Waals surface area (Å²) in [5.41, 5.74) is 5.43. The summed E-state index contributed by atoms with van der Waals surface area (Å²) in [6, 6.07) is 13.9. The Kier molecular flexibility index (Phi) is 3.95. The minimum Gasteiger partial charge on any atom is -0.377 e. The van der Waals surface area contributed by atoms with Gasteiger partial charge in [0.1, 0.15) is 0 Å². The molecule has 3 nitrogen and oxygen atoms in total. The van der Waals surface area contributed by atoms with Gasteiger partial charge in [0.25, 0.3) is 0 Å². The molecular formula is C16H19N3. The Balaban J connectivity index is 2.32. The quantitative estimate of drug-likeness (QED) is 0.723.